The smallest absolute Gasteiger partial charge is 0.341 e. The van der Waals surface area contributed by atoms with Crippen molar-refractivity contribution in [2.45, 2.75) is 40.2 Å². The Labute approximate surface area is 114 Å². The Balaban J connectivity index is 2.84. The molecular weight excluding hydrogens is 242 g/mol. The highest BCUT2D eigenvalue weighted by atomic mass is 16.5. The summed E-state index contributed by atoms with van der Waals surface area (Å²) in [5.41, 5.74) is 1.65. The van der Waals surface area contributed by atoms with Crippen molar-refractivity contribution in [2.24, 2.45) is 0 Å². The summed E-state index contributed by atoms with van der Waals surface area (Å²) in [7, 11) is 1.37. The van der Waals surface area contributed by atoms with Crippen molar-refractivity contribution in [3.63, 3.8) is 0 Å². The van der Waals surface area contributed by atoms with Crippen LogP contribution in [0.3, 0.4) is 0 Å². The molecule has 1 aromatic rings. The van der Waals surface area contributed by atoms with Crippen LogP contribution in [0.4, 0.5) is 0 Å². The quantitative estimate of drug-likeness (QED) is 0.803. The zero-order valence-electron chi connectivity index (χ0n) is 12.4. The first kappa shape index (κ1) is 15.5. The van der Waals surface area contributed by atoms with Crippen LogP contribution in [-0.2, 0) is 4.74 Å². The van der Waals surface area contributed by atoms with Crippen molar-refractivity contribution in [1.29, 1.82) is 0 Å². The molecule has 1 atom stereocenters. The van der Waals surface area contributed by atoms with Gasteiger partial charge < -0.3 is 14.5 Å². The summed E-state index contributed by atoms with van der Waals surface area (Å²) in [6.45, 7) is 9.04. The van der Waals surface area contributed by atoms with Gasteiger partial charge in [-0.1, -0.05) is 12.5 Å². The monoisotopic (exact) mass is 265 g/mol. The highest BCUT2D eigenvalue weighted by Crippen LogP contribution is 2.19. The maximum atomic E-state index is 11.5. The minimum Gasteiger partial charge on any atom is -0.465 e. The van der Waals surface area contributed by atoms with Gasteiger partial charge in [-0.15, -0.1) is 0 Å². The van der Waals surface area contributed by atoms with Crippen LogP contribution in [-0.4, -0.2) is 25.7 Å². The van der Waals surface area contributed by atoms with Gasteiger partial charge in [-0.25, -0.2) is 4.79 Å². The Bertz CT molecular complexity index is 460. The van der Waals surface area contributed by atoms with Crippen molar-refractivity contribution < 1.29 is 13.9 Å². The van der Waals surface area contributed by atoms with E-state index in [9.17, 15) is 4.79 Å². The number of ether oxygens (including phenoxy) is 1. The summed E-state index contributed by atoms with van der Waals surface area (Å²) in [6.07, 6.45) is 3.05. The van der Waals surface area contributed by atoms with Gasteiger partial charge in [-0.3, -0.25) is 0 Å². The predicted molar refractivity (Wildman–Crippen MR) is 76.2 cm³/mol. The fraction of sp³-hybridized carbons (Fsp3) is 0.533. The maximum Gasteiger partial charge on any atom is 0.341 e. The molecule has 1 rings (SSSR count). The van der Waals surface area contributed by atoms with Crippen LogP contribution in [0.1, 0.15) is 49.1 Å². The molecule has 0 radical (unpaired) electrons. The number of methoxy groups -OCH3 is 1. The van der Waals surface area contributed by atoms with Gasteiger partial charge in [0.05, 0.1) is 7.11 Å². The first-order valence-electron chi connectivity index (χ1n) is 6.59. The lowest BCUT2D eigenvalue weighted by atomic mass is 10.1. The summed E-state index contributed by atoms with van der Waals surface area (Å²) < 4.78 is 10.3. The summed E-state index contributed by atoms with van der Waals surface area (Å²) in [6, 6.07) is 2.00. The molecule has 1 aromatic heterocycles. The number of nitrogens with one attached hydrogen (secondary N) is 1. The summed E-state index contributed by atoms with van der Waals surface area (Å²) in [5.74, 6) is 0.899. The number of carbonyl (C=O) groups is 1. The first-order valence-corrected chi connectivity index (χ1v) is 6.59. The standard InChI is InChI=1S/C15H23NO3/c1-6-7-16-11(3)10(2)8-13-9-14(12(4)19-13)15(17)18-5/h8-9,11,16H,6-7H2,1-5H3. The molecule has 0 aliphatic heterocycles. The van der Waals surface area contributed by atoms with Crippen molar-refractivity contribution in [2.75, 3.05) is 13.7 Å². The molecule has 19 heavy (non-hydrogen) atoms. The van der Waals surface area contributed by atoms with E-state index >= 15 is 0 Å². The van der Waals surface area contributed by atoms with Crippen LogP contribution < -0.4 is 5.32 Å². The third kappa shape index (κ3) is 4.24. The molecule has 1 heterocycles. The van der Waals surface area contributed by atoms with Crippen LogP contribution in [0.2, 0.25) is 0 Å². The Morgan fingerprint density at radius 2 is 2.26 bits per heavy atom. The lowest BCUT2D eigenvalue weighted by molar-refractivity contribution is 0.0599. The Morgan fingerprint density at radius 1 is 1.58 bits per heavy atom. The molecule has 0 bridgehead atoms. The third-order valence-electron chi connectivity index (χ3n) is 3.10. The molecule has 4 nitrogen and oxygen atoms in total. The van der Waals surface area contributed by atoms with Gasteiger partial charge >= 0.3 is 5.97 Å². The van der Waals surface area contributed by atoms with E-state index in [0.717, 1.165) is 13.0 Å². The number of furan rings is 1. The van der Waals surface area contributed by atoms with Crippen molar-refractivity contribution in [3.8, 4) is 0 Å². The Kier molecular flexibility index (Phi) is 5.83. The first-order chi connectivity index (χ1) is 8.99. The van der Waals surface area contributed by atoms with Crippen LogP contribution in [0.25, 0.3) is 6.08 Å². The fourth-order valence-electron chi connectivity index (χ4n) is 1.76. The zero-order chi connectivity index (χ0) is 14.4. The Morgan fingerprint density at radius 3 is 2.84 bits per heavy atom. The van der Waals surface area contributed by atoms with Crippen LogP contribution in [0.15, 0.2) is 16.1 Å². The summed E-state index contributed by atoms with van der Waals surface area (Å²) in [5, 5.41) is 3.41. The second-order valence-electron chi connectivity index (χ2n) is 4.67. The molecule has 0 spiro atoms. The van der Waals surface area contributed by atoms with Crippen molar-refractivity contribution in [3.05, 3.63) is 28.7 Å². The van der Waals surface area contributed by atoms with Gasteiger partial charge in [0.25, 0.3) is 0 Å². The third-order valence-corrected chi connectivity index (χ3v) is 3.10. The number of aryl methyl sites for hydroxylation is 1. The van der Waals surface area contributed by atoms with Crippen LogP contribution in [0, 0.1) is 6.92 Å². The van der Waals surface area contributed by atoms with Gasteiger partial charge in [0.2, 0.25) is 0 Å². The molecular formula is C15H23NO3. The molecule has 0 fully saturated rings. The average molecular weight is 265 g/mol. The Hall–Kier alpha value is -1.55. The van der Waals surface area contributed by atoms with Gasteiger partial charge in [0.15, 0.2) is 0 Å². The largest absolute Gasteiger partial charge is 0.465 e. The maximum absolute atomic E-state index is 11.5. The molecule has 0 saturated carbocycles. The van der Waals surface area contributed by atoms with Gasteiger partial charge in [0, 0.05) is 6.04 Å². The number of hydrogen-bond acceptors (Lipinski definition) is 4. The summed E-state index contributed by atoms with van der Waals surface area (Å²) in [4.78, 5) is 11.5. The lowest BCUT2D eigenvalue weighted by Gasteiger charge is -2.13. The van der Waals surface area contributed by atoms with Gasteiger partial charge in [-0.05, 0) is 45.9 Å². The second-order valence-corrected chi connectivity index (χ2v) is 4.67. The normalized spacial score (nSPS) is 13.4. The lowest BCUT2D eigenvalue weighted by Crippen LogP contribution is -2.27. The van der Waals surface area contributed by atoms with Crippen molar-refractivity contribution in [1.82, 2.24) is 5.32 Å². The SMILES string of the molecule is CCCNC(C)C(C)=Cc1cc(C(=O)OC)c(C)o1. The number of carbonyl (C=O) groups excluding carboxylic acids is 1. The predicted octanol–water partition coefficient (Wildman–Crippen LogP) is 3.17. The zero-order valence-corrected chi connectivity index (χ0v) is 12.4. The van der Waals surface area contributed by atoms with E-state index in [4.69, 9.17) is 9.15 Å². The van der Waals surface area contributed by atoms with E-state index in [1.807, 2.05) is 13.0 Å². The second kappa shape index (κ2) is 7.14. The molecule has 1 N–H and O–H groups in total. The minimum atomic E-state index is -0.365. The van der Waals surface area contributed by atoms with E-state index in [2.05, 4.69) is 19.2 Å². The van der Waals surface area contributed by atoms with Gasteiger partial charge in [-0.2, -0.15) is 0 Å². The van der Waals surface area contributed by atoms with E-state index in [-0.39, 0.29) is 12.0 Å². The molecule has 0 aliphatic carbocycles. The summed E-state index contributed by atoms with van der Waals surface area (Å²) >= 11 is 0. The number of rotatable bonds is 6. The molecule has 106 valence electrons. The number of esters is 1. The highest BCUT2D eigenvalue weighted by molar-refractivity contribution is 5.91. The van der Waals surface area contributed by atoms with Crippen LogP contribution in [0.5, 0.6) is 0 Å². The molecule has 1 unspecified atom stereocenters. The molecule has 0 saturated heterocycles. The van der Waals surface area contributed by atoms with E-state index in [1.165, 1.54) is 12.7 Å². The van der Waals surface area contributed by atoms with E-state index in [1.54, 1.807) is 13.0 Å². The van der Waals surface area contributed by atoms with Crippen LogP contribution >= 0.6 is 0 Å². The molecule has 0 aliphatic rings. The minimum absolute atomic E-state index is 0.284. The van der Waals surface area contributed by atoms with E-state index < -0.39 is 0 Å². The topological polar surface area (TPSA) is 51.5 Å². The average Bonchev–Trinajstić information content (AvgIpc) is 2.75. The van der Waals surface area contributed by atoms with Crippen molar-refractivity contribution >= 4 is 12.0 Å². The van der Waals surface area contributed by atoms with Gasteiger partial charge in [0.1, 0.15) is 17.1 Å². The highest BCUT2D eigenvalue weighted by Gasteiger charge is 2.14. The fourth-order valence-corrected chi connectivity index (χ4v) is 1.76. The van der Waals surface area contributed by atoms with E-state index in [0.29, 0.717) is 17.1 Å². The number of hydrogen-bond donors (Lipinski definition) is 1. The molecule has 0 aromatic carbocycles. The molecule has 0 amide bonds. The molecule has 4 heteroatoms.